The maximum absolute atomic E-state index is 13.1. The topological polar surface area (TPSA) is 42.4 Å². The third-order valence-electron chi connectivity index (χ3n) is 3.74. The van der Waals surface area contributed by atoms with Crippen molar-refractivity contribution < 1.29 is 22.7 Å². The van der Waals surface area contributed by atoms with E-state index in [0.29, 0.717) is 25.2 Å². The second-order valence-electron chi connectivity index (χ2n) is 5.47. The summed E-state index contributed by atoms with van der Waals surface area (Å²) < 4.78 is 45.4. The monoisotopic (exact) mass is 542 g/mol. The first-order chi connectivity index (χ1) is 12.1. The van der Waals surface area contributed by atoms with E-state index in [-0.39, 0.29) is 6.54 Å². The first-order valence-electron chi connectivity index (χ1n) is 7.46. The third kappa shape index (κ3) is 4.87. The highest BCUT2D eigenvalue weighted by Gasteiger charge is 2.43. The highest BCUT2D eigenvalue weighted by molar-refractivity contribution is 14.1. The second kappa shape index (κ2) is 8.55. The minimum absolute atomic E-state index is 0.00426. The standard InChI is InChI=1S/C17H15BrF3IN2O2/c1-10(17(19,20)21)16(25)24(13-7-8-23-15(18)14(13)22)9-11-3-5-12(26-2)6-4-11/h3-8,10H,9H2,1-2H3. The second-order valence-corrected chi connectivity index (χ2v) is 7.30. The SMILES string of the molecule is COc1ccc(CN(C(=O)C(C)C(F)(F)F)c2ccnc(Br)c2I)cc1. The van der Waals surface area contributed by atoms with Gasteiger partial charge >= 0.3 is 6.18 Å². The number of hydrogen-bond donors (Lipinski definition) is 0. The van der Waals surface area contributed by atoms with Crippen LogP contribution in [0.1, 0.15) is 12.5 Å². The van der Waals surface area contributed by atoms with E-state index in [1.165, 1.54) is 19.4 Å². The normalized spacial score (nSPS) is 12.6. The third-order valence-corrected chi connectivity index (χ3v) is 6.15. The van der Waals surface area contributed by atoms with Gasteiger partial charge in [0.25, 0.3) is 0 Å². The van der Waals surface area contributed by atoms with E-state index in [1.807, 2.05) is 22.6 Å². The molecule has 1 aromatic heterocycles. The lowest BCUT2D eigenvalue weighted by Crippen LogP contribution is -2.41. The van der Waals surface area contributed by atoms with Gasteiger partial charge in [-0.25, -0.2) is 4.98 Å². The molecule has 2 rings (SSSR count). The lowest BCUT2D eigenvalue weighted by atomic mass is 10.1. The first kappa shape index (κ1) is 20.9. The number of pyridine rings is 1. The van der Waals surface area contributed by atoms with Crippen LogP contribution in [-0.2, 0) is 11.3 Å². The summed E-state index contributed by atoms with van der Waals surface area (Å²) in [5, 5.41) is 0. The predicted octanol–water partition coefficient (Wildman–Crippen LogP) is 5.19. The van der Waals surface area contributed by atoms with Crippen LogP contribution >= 0.6 is 38.5 Å². The molecule has 0 saturated carbocycles. The average molecular weight is 543 g/mol. The average Bonchev–Trinajstić information content (AvgIpc) is 2.61. The molecule has 0 N–H and O–H groups in total. The van der Waals surface area contributed by atoms with Crippen LogP contribution in [0, 0.1) is 9.49 Å². The Morgan fingerprint density at radius 1 is 1.31 bits per heavy atom. The summed E-state index contributed by atoms with van der Waals surface area (Å²) in [5.41, 5.74) is 1.04. The molecule has 0 aliphatic rings. The maximum atomic E-state index is 13.1. The largest absolute Gasteiger partial charge is 0.497 e. The number of anilines is 1. The molecule has 0 fully saturated rings. The van der Waals surface area contributed by atoms with Gasteiger partial charge in [-0.1, -0.05) is 12.1 Å². The molecule has 1 heterocycles. The number of halogens is 5. The van der Waals surface area contributed by atoms with Crippen molar-refractivity contribution in [2.45, 2.75) is 19.6 Å². The Morgan fingerprint density at radius 2 is 1.92 bits per heavy atom. The summed E-state index contributed by atoms with van der Waals surface area (Å²) in [5.74, 6) is -2.52. The molecule has 0 spiro atoms. The van der Waals surface area contributed by atoms with Crippen LogP contribution in [-0.4, -0.2) is 24.2 Å². The predicted molar refractivity (Wildman–Crippen MR) is 104 cm³/mol. The fourth-order valence-electron chi connectivity index (χ4n) is 2.19. The fraction of sp³-hybridized carbons (Fsp3) is 0.294. The molecule has 0 saturated heterocycles. The molecule has 1 aromatic carbocycles. The quantitative estimate of drug-likeness (QED) is 0.386. The zero-order valence-electron chi connectivity index (χ0n) is 13.8. The molecule has 0 bridgehead atoms. The number of rotatable bonds is 5. The molecule has 9 heteroatoms. The van der Waals surface area contributed by atoms with Crippen LogP contribution in [0.2, 0.25) is 0 Å². The maximum Gasteiger partial charge on any atom is 0.400 e. The van der Waals surface area contributed by atoms with Crippen LogP contribution in [0.3, 0.4) is 0 Å². The van der Waals surface area contributed by atoms with Crippen molar-refractivity contribution in [2.75, 3.05) is 12.0 Å². The van der Waals surface area contributed by atoms with Gasteiger partial charge in [-0.3, -0.25) is 4.79 Å². The number of aromatic nitrogens is 1. The van der Waals surface area contributed by atoms with Crippen molar-refractivity contribution in [1.82, 2.24) is 4.98 Å². The number of ether oxygens (including phenoxy) is 1. The summed E-state index contributed by atoms with van der Waals surface area (Å²) >= 11 is 5.20. The smallest absolute Gasteiger partial charge is 0.400 e. The number of methoxy groups -OCH3 is 1. The number of carbonyl (C=O) groups excluding carboxylic acids is 1. The van der Waals surface area contributed by atoms with Crippen LogP contribution in [0.5, 0.6) is 5.75 Å². The summed E-state index contributed by atoms with van der Waals surface area (Å²) in [6, 6.07) is 8.33. The van der Waals surface area contributed by atoms with E-state index in [2.05, 4.69) is 20.9 Å². The number of hydrogen-bond acceptors (Lipinski definition) is 3. The molecule has 0 radical (unpaired) electrons. The van der Waals surface area contributed by atoms with Crippen molar-refractivity contribution in [3.8, 4) is 5.75 Å². The van der Waals surface area contributed by atoms with Crippen molar-refractivity contribution in [3.05, 3.63) is 50.3 Å². The molecule has 2 aromatic rings. The van der Waals surface area contributed by atoms with Gasteiger partial charge in [0.2, 0.25) is 5.91 Å². The van der Waals surface area contributed by atoms with E-state index in [9.17, 15) is 18.0 Å². The highest BCUT2D eigenvalue weighted by atomic mass is 127. The van der Waals surface area contributed by atoms with Gasteiger partial charge in [0.05, 0.1) is 22.9 Å². The molecule has 1 atom stereocenters. The van der Waals surface area contributed by atoms with Gasteiger partial charge in [0.15, 0.2) is 0 Å². The number of alkyl halides is 3. The molecule has 1 amide bonds. The Bertz CT molecular complexity index is 785. The van der Waals surface area contributed by atoms with E-state index in [4.69, 9.17) is 4.74 Å². The number of amides is 1. The lowest BCUT2D eigenvalue weighted by Gasteiger charge is -2.28. The molecule has 26 heavy (non-hydrogen) atoms. The minimum atomic E-state index is -4.62. The van der Waals surface area contributed by atoms with Crippen LogP contribution in [0.25, 0.3) is 0 Å². The van der Waals surface area contributed by atoms with Crippen LogP contribution in [0.4, 0.5) is 18.9 Å². The van der Waals surface area contributed by atoms with Crippen LogP contribution < -0.4 is 9.64 Å². The molecular formula is C17H15BrF3IN2O2. The minimum Gasteiger partial charge on any atom is -0.497 e. The lowest BCUT2D eigenvalue weighted by molar-refractivity contribution is -0.177. The van der Waals surface area contributed by atoms with Crippen LogP contribution in [0.15, 0.2) is 41.1 Å². The van der Waals surface area contributed by atoms with E-state index < -0.39 is 18.0 Å². The van der Waals surface area contributed by atoms with E-state index in [1.54, 1.807) is 24.3 Å². The first-order valence-corrected chi connectivity index (χ1v) is 9.33. The molecule has 0 aliphatic heterocycles. The van der Waals surface area contributed by atoms with Gasteiger partial charge in [-0.05, 0) is 69.2 Å². The summed E-state index contributed by atoms with van der Waals surface area (Å²) in [6.45, 7) is 0.863. The van der Waals surface area contributed by atoms with Gasteiger partial charge in [0.1, 0.15) is 16.3 Å². The van der Waals surface area contributed by atoms with Gasteiger partial charge in [-0.15, -0.1) is 0 Å². The molecular weight excluding hydrogens is 528 g/mol. The van der Waals surface area contributed by atoms with Crippen molar-refractivity contribution in [3.63, 3.8) is 0 Å². The van der Waals surface area contributed by atoms with Gasteiger partial charge in [-0.2, -0.15) is 13.2 Å². The molecule has 4 nitrogen and oxygen atoms in total. The van der Waals surface area contributed by atoms with Crippen molar-refractivity contribution in [1.29, 1.82) is 0 Å². The molecule has 0 aliphatic carbocycles. The Hall–Kier alpha value is -1.36. The zero-order valence-corrected chi connectivity index (χ0v) is 17.6. The Labute approximate surface area is 171 Å². The number of nitrogens with zero attached hydrogens (tertiary/aromatic N) is 2. The summed E-state index contributed by atoms with van der Waals surface area (Å²) in [4.78, 5) is 17.8. The number of benzene rings is 1. The number of carbonyl (C=O) groups is 1. The Balaban J connectivity index is 2.44. The Morgan fingerprint density at radius 3 is 2.46 bits per heavy atom. The van der Waals surface area contributed by atoms with Crippen molar-refractivity contribution in [2.24, 2.45) is 5.92 Å². The van der Waals surface area contributed by atoms with Gasteiger partial charge in [0, 0.05) is 6.20 Å². The van der Waals surface area contributed by atoms with Gasteiger partial charge < -0.3 is 9.64 Å². The molecule has 1 unspecified atom stereocenters. The van der Waals surface area contributed by atoms with E-state index >= 15 is 0 Å². The highest BCUT2D eigenvalue weighted by Crippen LogP contribution is 2.33. The fourth-order valence-corrected chi connectivity index (χ4v) is 3.12. The van der Waals surface area contributed by atoms with Crippen molar-refractivity contribution >= 4 is 50.1 Å². The molecule has 140 valence electrons. The van der Waals surface area contributed by atoms with E-state index in [0.717, 1.165) is 11.8 Å². The summed E-state index contributed by atoms with van der Waals surface area (Å²) in [7, 11) is 1.52. The summed E-state index contributed by atoms with van der Waals surface area (Å²) in [6.07, 6.45) is -3.18. The Kier molecular flexibility index (Phi) is 6.89. The zero-order chi connectivity index (χ0) is 19.5.